The van der Waals surface area contributed by atoms with Gasteiger partial charge in [-0.25, -0.2) is 0 Å². The highest BCUT2D eigenvalue weighted by molar-refractivity contribution is 6.74. The van der Waals surface area contributed by atoms with Crippen LogP contribution in [0.4, 0.5) is 0 Å². The van der Waals surface area contributed by atoms with Crippen LogP contribution >= 0.6 is 0 Å². The van der Waals surface area contributed by atoms with Gasteiger partial charge in [0.1, 0.15) is 5.75 Å². The van der Waals surface area contributed by atoms with Crippen molar-refractivity contribution >= 4 is 14.1 Å². The van der Waals surface area contributed by atoms with Gasteiger partial charge in [-0.05, 0) is 35.8 Å². The number of carbonyl (C=O) groups is 1. The van der Waals surface area contributed by atoms with E-state index in [-0.39, 0.29) is 16.7 Å². The molecular formula is C21H28O2Si. The molecule has 2 rings (SSSR count). The first-order valence-corrected chi connectivity index (χ1v) is 11.4. The summed E-state index contributed by atoms with van der Waals surface area (Å²) in [5, 5.41) is 0.147. The van der Waals surface area contributed by atoms with Crippen molar-refractivity contribution in [2.75, 3.05) is 0 Å². The SMILES string of the molecule is CC(C(=O)c1ccccc1)c1cccc(O[Si](C)(C)C(C)(C)C)c1. The molecule has 0 heterocycles. The zero-order chi connectivity index (χ0) is 18.0. The number of ketones is 1. The Morgan fingerprint density at radius 3 is 2.21 bits per heavy atom. The largest absolute Gasteiger partial charge is 0.543 e. The van der Waals surface area contributed by atoms with E-state index < -0.39 is 8.32 Å². The van der Waals surface area contributed by atoms with Crippen LogP contribution in [0.1, 0.15) is 49.5 Å². The highest BCUT2D eigenvalue weighted by Gasteiger charge is 2.39. The molecule has 2 nitrogen and oxygen atoms in total. The molecule has 0 saturated carbocycles. The molecule has 24 heavy (non-hydrogen) atoms. The van der Waals surface area contributed by atoms with Gasteiger partial charge in [0.25, 0.3) is 0 Å². The molecule has 0 radical (unpaired) electrons. The second kappa shape index (κ2) is 6.94. The summed E-state index contributed by atoms with van der Waals surface area (Å²) in [6, 6.07) is 17.5. The first-order chi connectivity index (χ1) is 11.1. The monoisotopic (exact) mass is 340 g/mol. The Morgan fingerprint density at radius 2 is 1.62 bits per heavy atom. The lowest BCUT2D eigenvalue weighted by molar-refractivity contribution is 0.0966. The highest BCUT2D eigenvalue weighted by atomic mass is 28.4. The zero-order valence-electron chi connectivity index (χ0n) is 15.6. The molecule has 0 saturated heterocycles. The summed E-state index contributed by atoms with van der Waals surface area (Å²) < 4.78 is 6.37. The predicted octanol–water partition coefficient (Wildman–Crippen LogP) is 6.06. The van der Waals surface area contributed by atoms with Crippen LogP contribution < -0.4 is 4.43 Å². The molecule has 128 valence electrons. The van der Waals surface area contributed by atoms with E-state index in [1.54, 1.807) is 0 Å². The van der Waals surface area contributed by atoms with Crippen molar-refractivity contribution in [3.05, 3.63) is 65.7 Å². The third-order valence-corrected chi connectivity index (χ3v) is 9.35. The van der Waals surface area contributed by atoms with E-state index in [1.807, 2.05) is 61.5 Å². The quantitative estimate of drug-likeness (QED) is 0.488. The highest BCUT2D eigenvalue weighted by Crippen LogP contribution is 2.37. The topological polar surface area (TPSA) is 26.3 Å². The minimum Gasteiger partial charge on any atom is -0.543 e. The van der Waals surface area contributed by atoms with Gasteiger partial charge in [0.2, 0.25) is 8.32 Å². The van der Waals surface area contributed by atoms with Gasteiger partial charge in [-0.1, -0.05) is 70.2 Å². The molecular weight excluding hydrogens is 312 g/mol. The fourth-order valence-electron chi connectivity index (χ4n) is 2.30. The van der Waals surface area contributed by atoms with Crippen molar-refractivity contribution in [1.82, 2.24) is 0 Å². The molecule has 0 N–H and O–H groups in total. The Kier molecular flexibility index (Phi) is 5.34. The molecule has 0 fully saturated rings. The van der Waals surface area contributed by atoms with Crippen LogP contribution in [-0.2, 0) is 0 Å². The lowest BCUT2D eigenvalue weighted by Gasteiger charge is -2.36. The number of hydrogen-bond acceptors (Lipinski definition) is 2. The fraction of sp³-hybridized carbons (Fsp3) is 0.381. The van der Waals surface area contributed by atoms with Gasteiger partial charge in [-0.15, -0.1) is 0 Å². The minimum absolute atomic E-state index is 0.139. The van der Waals surface area contributed by atoms with Crippen LogP contribution in [0.2, 0.25) is 18.1 Å². The molecule has 0 aliphatic carbocycles. The molecule has 3 heteroatoms. The molecule has 0 aromatic heterocycles. The lowest BCUT2D eigenvalue weighted by atomic mass is 9.92. The van der Waals surface area contributed by atoms with Crippen LogP contribution in [-0.4, -0.2) is 14.1 Å². The van der Waals surface area contributed by atoms with Crippen LogP contribution in [0, 0.1) is 0 Å². The lowest BCUT2D eigenvalue weighted by Crippen LogP contribution is -2.43. The van der Waals surface area contributed by atoms with Gasteiger partial charge in [0, 0.05) is 11.5 Å². The van der Waals surface area contributed by atoms with E-state index in [4.69, 9.17) is 4.43 Å². The van der Waals surface area contributed by atoms with Gasteiger partial charge < -0.3 is 4.43 Å². The van der Waals surface area contributed by atoms with Crippen molar-refractivity contribution in [2.24, 2.45) is 0 Å². The fourth-order valence-corrected chi connectivity index (χ4v) is 3.32. The van der Waals surface area contributed by atoms with Gasteiger partial charge in [0.05, 0.1) is 0 Å². The van der Waals surface area contributed by atoms with E-state index >= 15 is 0 Å². The van der Waals surface area contributed by atoms with Crippen molar-refractivity contribution in [3.63, 3.8) is 0 Å². The Balaban J connectivity index is 2.23. The van der Waals surface area contributed by atoms with Gasteiger partial charge in [-0.3, -0.25) is 4.79 Å². The summed E-state index contributed by atoms with van der Waals surface area (Å²) in [6.45, 7) is 13.1. The Hall–Kier alpha value is -1.87. The summed E-state index contributed by atoms with van der Waals surface area (Å²) in [4.78, 5) is 12.7. The van der Waals surface area contributed by atoms with Crippen molar-refractivity contribution in [2.45, 2.75) is 51.7 Å². The smallest absolute Gasteiger partial charge is 0.250 e. The maximum absolute atomic E-state index is 12.7. The number of carbonyl (C=O) groups excluding carboxylic acids is 1. The third kappa shape index (κ3) is 4.15. The standard InChI is InChI=1S/C21H28O2Si/c1-16(20(22)17-11-8-7-9-12-17)18-13-10-14-19(15-18)23-24(5,6)21(2,3)4/h7-16H,1-6H3. The van der Waals surface area contributed by atoms with Gasteiger partial charge in [0.15, 0.2) is 5.78 Å². The number of hydrogen-bond donors (Lipinski definition) is 0. The van der Waals surface area contributed by atoms with Crippen LogP contribution in [0.15, 0.2) is 54.6 Å². The van der Waals surface area contributed by atoms with Crippen LogP contribution in [0.5, 0.6) is 5.75 Å². The molecule has 1 atom stereocenters. The maximum Gasteiger partial charge on any atom is 0.250 e. The predicted molar refractivity (Wildman–Crippen MR) is 103 cm³/mol. The van der Waals surface area contributed by atoms with Crippen molar-refractivity contribution in [1.29, 1.82) is 0 Å². The van der Waals surface area contributed by atoms with E-state index in [2.05, 4.69) is 33.9 Å². The number of benzene rings is 2. The van der Waals surface area contributed by atoms with Crippen LogP contribution in [0.3, 0.4) is 0 Å². The second-order valence-corrected chi connectivity index (χ2v) is 12.6. The number of Topliss-reactive ketones (excluding diaryl/α,β-unsaturated/α-hetero) is 1. The molecule has 2 aromatic rings. The molecule has 0 spiro atoms. The Labute approximate surface area is 147 Å². The summed E-state index contributed by atoms with van der Waals surface area (Å²) >= 11 is 0. The molecule has 0 amide bonds. The summed E-state index contributed by atoms with van der Waals surface area (Å²) in [5.74, 6) is 0.822. The van der Waals surface area contributed by atoms with E-state index in [0.717, 1.165) is 16.9 Å². The summed E-state index contributed by atoms with van der Waals surface area (Å²) in [5.41, 5.74) is 1.75. The molecule has 2 aromatic carbocycles. The van der Waals surface area contributed by atoms with Crippen molar-refractivity contribution < 1.29 is 9.22 Å². The van der Waals surface area contributed by atoms with Crippen LogP contribution in [0.25, 0.3) is 0 Å². The van der Waals surface area contributed by atoms with E-state index in [9.17, 15) is 4.79 Å². The number of rotatable bonds is 5. The second-order valence-electron chi connectivity index (χ2n) is 7.89. The van der Waals surface area contributed by atoms with E-state index in [1.165, 1.54) is 0 Å². The average Bonchev–Trinajstić information content (AvgIpc) is 2.53. The zero-order valence-corrected chi connectivity index (χ0v) is 16.6. The minimum atomic E-state index is -1.88. The Morgan fingerprint density at radius 1 is 1.00 bits per heavy atom. The third-order valence-electron chi connectivity index (χ3n) is 4.99. The summed E-state index contributed by atoms with van der Waals surface area (Å²) in [7, 11) is -1.88. The first kappa shape index (κ1) is 18.5. The first-order valence-electron chi connectivity index (χ1n) is 8.50. The Bertz CT molecular complexity index is 699. The molecule has 0 bridgehead atoms. The molecule has 1 unspecified atom stereocenters. The van der Waals surface area contributed by atoms with Gasteiger partial charge in [-0.2, -0.15) is 0 Å². The molecule has 0 aliphatic rings. The normalized spacial score (nSPS) is 13.4. The average molecular weight is 341 g/mol. The summed E-state index contributed by atoms with van der Waals surface area (Å²) in [6.07, 6.45) is 0. The van der Waals surface area contributed by atoms with E-state index in [0.29, 0.717) is 0 Å². The maximum atomic E-state index is 12.7. The van der Waals surface area contributed by atoms with Crippen molar-refractivity contribution in [3.8, 4) is 5.75 Å². The van der Waals surface area contributed by atoms with Gasteiger partial charge >= 0.3 is 0 Å². The molecule has 0 aliphatic heterocycles.